The van der Waals surface area contributed by atoms with Gasteiger partial charge in [0, 0.05) is 12.1 Å². The number of hydrogen-bond donors (Lipinski definition) is 2. The summed E-state index contributed by atoms with van der Waals surface area (Å²) in [4.78, 5) is 1.30. The van der Waals surface area contributed by atoms with Crippen LogP contribution in [-0.2, 0) is 9.84 Å². The lowest BCUT2D eigenvalue weighted by atomic mass is 10.2. The standard InChI is InChI=1S/C12H17F2N3O2S/c1-17(8-11(13)14)5-6-20(18,19)10-4-2-3-9(7-10)12(15)16/h2-4,7,11H,5-6,8H2,1H3,(H3,15,16). The molecule has 8 heteroatoms. The molecule has 1 rings (SSSR count). The van der Waals surface area contributed by atoms with Crippen molar-refractivity contribution in [1.82, 2.24) is 4.90 Å². The molecule has 0 heterocycles. The predicted octanol–water partition coefficient (Wildman–Crippen LogP) is 0.941. The Labute approximate surface area is 116 Å². The summed E-state index contributed by atoms with van der Waals surface area (Å²) in [5.74, 6) is -0.491. The maximum absolute atomic E-state index is 12.1. The van der Waals surface area contributed by atoms with Crippen LogP contribution < -0.4 is 5.73 Å². The molecule has 0 saturated carbocycles. The molecule has 0 spiro atoms. The molecule has 0 atom stereocenters. The molecule has 0 aliphatic heterocycles. The lowest BCUT2D eigenvalue weighted by Gasteiger charge is -2.15. The lowest BCUT2D eigenvalue weighted by molar-refractivity contribution is 0.103. The van der Waals surface area contributed by atoms with E-state index in [1.165, 1.54) is 36.2 Å². The summed E-state index contributed by atoms with van der Waals surface area (Å²) in [5.41, 5.74) is 5.61. The Morgan fingerprint density at radius 1 is 1.45 bits per heavy atom. The number of nitrogen functional groups attached to an aromatic ring is 1. The summed E-state index contributed by atoms with van der Waals surface area (Å²) in [5, 5.41) is 7.28. The molecule has 0 amide bonds. The first-order valence-electron chi connectivity index (χ1n) is 5.86. The molecule has 1 aromatic rings. The smallest absolute Gasteiger partial charge is 0.251 e. The van der Waals surface area contributed by atoms with Gasteiger partial charge in [-0.2, -0.15) is 0 Å². The largest absolute Gasteiger partial charge is 0.384 e. The Balaban J connectivity index is 2.79. The summed E-state index contributed by atoms with van der Waals surface area (Å²) in [6.07, 6.45) is -2.50. The molecule has 0 radical (unpaired) electrons. The van der Waals surface area contributed by atoms with E-state index in [1.807, 2.05) is 0 Å². The van der Waals surface area contributed by atoms with Gasteiger partial charge in [-0.25, -0.2) is 17.2 Å². The highest BCUT2D eigenvalue weighted by molar-refractivity contribution is 7.91. The summed E-state index contributed by atoms with van der Waals surface area (Å²) in [7, 11) is -2.15. The summed E-state index contributed by atoms with van der Waals surface area (Å²) >= 11 is 0. The number of halogens is 2. The van der Waals surface area contributed by atoms with Crippen LogP contribution in [0.3, 0.4) is 0 Å². The molecular formula is C12H17F2N3O2S. The number of hydrogen-bond acceptors (Lipinski definition) is 4. The van der Waals surface area contributed by atoms with Crippen LogP contribution in [0.2, 0.25) is 0 Å². The molecule has 0 aliphatic carbocycles. The highest BCUT2D eigenvalue weighted by Crippen LogP contribution is 2.13. The summed E-state index contributed by atoms with van der Waals surface area (Å²) in [6, 6.07) is 5.73. The van der Waals surface area contributed by atoms with Crippen molar-refractivity contribution in [3.8, 4) is 0 Å². The molecule has 112 valence electrons. The molecule has 0 saturated heterocycles. The second-order valence-corrected chi connectivity index (χ2v) is 6.52. The maximum Gasteiger partial charge on any atom is 0.251 e. The van der Waals surface area contributed by atoms with Crippen molar-refractivity contribution in [2.45, 2.75) is 11.3 Å². The lowest BCUT2D eigenvalue weighted by Crippen LogP contribution is -2.30. The van der Waals surface area contributed by atoms with Gasteiger partial charge in [-0.3, -0.25) is 10.3 Å². The molecule has 1 aromatic carbocycles. The van der Waals surface area contributed by atoms with E-state index in [0.29, 0.717) is 5.56 Å². The number of alkyl halides is 2. The Morgan fingerprint density at radius 3 is 2.65 bits per heavy atom. The fraction of sp³-hybridized carbons (Fsp3) is 0.417. The van der Waals surface area contributed by atoms with Gasteiger partial charge in [0.15, 0.2) is 9.84 Å². The fourth-order valence-corrected chi connectivity index (χ4v) is 2.96. The molecule has 3 N–H and O–H groups in total. The first kappa shape index (κ1) is 16.5. The third kappa shape index (κ3) is 4.86. The minimum Gasteiger partial charge on any atom is -0.384 e. The van der Waals surface area contributed by atoms with Gasteiger partial charge in [0.1, 0.15) is 5.84 Å². The van der Waals surface area contributed by atoms with Gasteiger partial charge in [0.2, 0.25) is 0 Å². The Hall–Kier alpha value is -1.54. The average Bonchev–Trinajstić information content (AvgIpc) is 2.36. The molecule has 0 bridgehead atoms. The Kier molecular flexibility index (Phi) is 5.58. The number of nitrogens with one attached hydrogen (secondary N) is 1. The third-order valence-electron chi connectivity index (χ3n) is 2.70. The van der Waals surface area contributed by atoms with Crippen LogP contribution in [0, 0.1) is 5.41 Å². The van der Waals surface area contributed by atoms with Crippen LogP contribution in [-0.4, -0.2) is 51.5 Å². The van der Waals surface area contributed by atoms with Crippen molar-refractivity contribution >= 4 is 15.7 Å². The van der Waals surface area contributed by atoms with Crippen molar-refractivity contribution < 1.29 is 17.2 Å². The molecule has 5 nitrogen and oxygen atoms in total. The SMILES string of the molecule is CN(CCS(=O)(=O)c1cccc(C(=N)N)c1)CC(F)F. The van der Waals surface area contributed by atoms with Crippen LogP contribution in [0.15, 0.2) is 29.2 Å². The van der Waals surface area contributed by atoms with E-state index in [-0.39, 0.29) is 23.0 Å². The van der Waals surface area contributed by atoms with Gasteiger partial charge in [0.05, 0.1) is 17.2 Å². The third-order valence-corrected chi connectivity index (χ3v) is 4.39. The second-order valence-electron chi connectivity index (χ2n) is 4.41. The number of sulfone groups is 1. The van der Waals surface area contributed by atoms with E-state index in [4.69, 9.17) is 11.1 Å². The van der Waals surface area contributed by atoms with Crippen molar-refractivity contribution in [3.63, 3.8) is 0 Å². The average molecular weight is 305 g/mol. The zero-order valence-electron chi connectivity index (χ0n) is 11.0. The molecule has 0 fully saturated rings. The first-order chi connectivity index (χ1) is 9.22. The predicted molar refractivity (Wildman–Crippen MR) is 73.0 cm³/mol. The van der Waals surface area contributed by atoms with Crippen molar-refractivity contribution in [2.24, 2.45) is 5.73 Å². The molecule has 0 unspecified atom stereocenters. The number of rotatable bonds is 7. The van der Waals surface area contributed by atoms with Crippen LogP contribution in [0.5, 0.6) is 0 Å². The van der Waals surface area contributed by atoms with Gasteiger partial charge < -0.3 is 5.73 Å². The number of nitrogens with two attached hydrogens (primary N) is 1. The van der Waals surface area contributed by atoms with E-state index in [9.17, 15) is 17.2 Å². The highest BCUT2D eigenvalue weighted by atomic mass is 32.2. The van der Waals surface area contributed by atoms with Gasteiger partial charge >= 0.3 is 0 Å². The van der Waals surface area contributed by atoms with Crippen LogP contribution in [0.4, 0.5) is 8.78 Å². The number of benzene rings is 1. The number of amidine groups is 1. The topological polar surface area (TPSA) is 87.2 Å². The monoisotopic (exact) mass is 305 g/mol. The van der Waals surface area contributed by atoms with Crippen molar-refractivity contribution in [1.29, 1.82) is 5.41 Å². The number of nitrogens with zero attached hydrogens (tertiary/aromatic N) is 1. The van der Waals surface area contributed by atoms with Gasteiger partial charge in [-0.05, 0) is 19.2 Å². The Bertz CT molecular complexity index is 576. The molecular weight excluding hydrogens is 288 g/mol. The summed E-state index contributed by atoms with van der Waals surface area (Å²) in [6.45, 7) is -0.458. The zero-order chi connectivity index (χ0) is 15.3. The highest BCUT2D eigenvalue weighted by Gasteiger charge is 2.17. The molecule has 0 aliphatic rings. The molecule has 20 heavy (non-hydrogen) atoms. The van der Waals surface area contributed by atoms with E-state index in [1.54, 1.807) is 0 Å². The van der Waals surface area contributed by atoms with Gasteiger partial charge in [-0.1, -0.05) is 12.1 Å². The zero-order valence-corrected chi connectivity index (χ0v) is 11.8. The van der Waals surface area contributed by atoms with E-state index in [2.05, 4.69) is 0 Å². The fourth-order valence-electron chi connectivity index (χ4n) is 1.58. The quantitative estimate of drug-likeness (QED) is 0.580. The van der Waals surface area contributed by atoms with Gasteiger partial charge in [0.25, 0.3) is 6.43 Å². The minimum absolute atomic E-state index is 0.0109. The maximum atomic E-state index is 12.1. The Morgan fingerprint density at radius 2 is 2.10 bits per heavy atom. The van der Waals surface area contributed by atoms with Crippen molar-refractivity contribution in [2.75, 3.05) is 25.9 Å². The van der Waals surface area contributed by atoms with Crippen LogP contribution in [0.1, 0.15) is 5.56 Å². The van der Waals surface area contributed by atoms with Crippen molar-refractivity contribution in [3.05, 3.63) is 29.8 Å². The van der Waals surface area contributed by atoms with E-state index >= 15 is 0 Å². The van der Waals surface area contributed by atoms with Gasteiger partial charge in [-0.15, -0.1) is 0 Å². The second kappa shape index (κ2) is 6.76. The molecule has 0 aromatic heterocycles. The summed E-state index contributed by atoms with van der Waals surface area (Å²) < 4.78 is 48.4. The minimum atomic E-state index is -3.59. The normalized spacial score (nSPS) is 12.1. The van der Waals surface area contributed by atoms with Crippen LogP contribution in [0.25, 0.3) is 0 Å². The van der Waals surface area contributed by atoms with Crippen LogP contribution >= 0.6 is 0 Å². The van der Waals surface area contributed by atoms with E-state index < -0.39 is 22.8 Å². The first-order valence-corrected chi connectivity index (χ1v) is 7.51. The van der Waals surface area contributed by atoms with E-state index in [0.717, 1.165) is 0 Å².